The molecule has 0 aromatic carbocycles. The molecule has 1 aliphatic heterocycles. The van der Waals surface area contributed by atoms with Crippen molar-refractivity contribution in [2.75, 3.05) is 0 Å². The standard InChI is InChI=1S/C15H24O3/c1-8-4-7-12-10(3)14(17)18-15(12)11(8)6-5-9(2)13(15)16/h8-13,16H,4-7H2,1-3H3/t8?,9-,10+,11+,12+,13-,15-/m1/s1. The van der Waals surface area contributed by atoms with Crippen LogP contribution in [0.25, 0.3) is 0 Å². The van der Waals surface area contributed by atoms with Gasteiger partial charge in [-0.1, -0.05) is 20.8 Å². The van der Waals surface area contributed by atoms with Crippen molar-refractivity contribution < 1.29 is 14.6 Å². The van der Waals surface area contributed by atoms with E-state index in [4.69, 9.17) is 4.74 Å². The molecular formula is C15H24O3. The lowest BCUT2D eigenvalue weighted by Crippen LogP contribution is -2.62. The molecule has 3 aliphatic rings. The molecule has 1 heterocycles. The molecule has 2 saturated carbocycles. The first-order chi connectivity index (χ1) is 8.48. The van der Waals surface area contributed by atoms with Gasteiger partial charge in [0.15, 0.2) is 0 Å². The van der Waals surface area contributed by atoms with Crippen LogP contribution in [0.15, 0.2) is 0 Å². The van der Waals surface area contributed by atoms with Crippen LogP contribution in [0.1, 0.15) is 46.5 Å². The molecule has 102 valence electrons. The molecule has 0 aromatic heterocycles. The van der Waals surface area contributed by atoms with Crippen molar-refractivity contribution >= 4 is 5.97 Å². The van der Waals surface area contributed by atoms with Gasteiger partial charge in [-0.15, -0.1) is 0 Å². The number of aliphatic hydroxyl groups is 1. The Bertz CT molecular complexity index is 367. The Morgan fingerprint density at radius 3 is 2.39 bits per heavy atom. The van der Waals surface area contributed by atoms with E-state index in [1.807, 2.05) is 6.92 Å². The van der Waals surface area contributed by atoms with E-state index in [2.05, 4.69) is 13.8 Å². The minimum atomic E-state index is -0.564. The second-order valence-electron chi connectivity index (χ2n) is 6.83. The zero-order chi connectivity index (χ0) is 13.1. The first kappa shape index (κ1) is 12.5. The van der Waals surface area contributed by atoms with Crippen molar-refractivity contribution in [1.82, 2.24) is 0 Å². The topological polar surface area (TPSA) is 46.5 Å². The predicted molar refractivity (Wildman–Crippen MR) is 67.8 cm³/mol. The summed E-state index contributed by atoms with van der Waals surface area (Å²) in [4.78, 5) is 12.0. The highest BCUT2D eigenvalue weighted by Crippen LogP contribution is 2.58. The fraction of sp³-hybridized carbons (Fsp3) is 0.933. The molecule has 1 spiro atoms. The number of esters is 1. The molecule has 18 heavy (non-hydrogen) atoms. The van der Waals surface area contributed by atoms with Crippen LogP contribution in [-0.4, -0.2) is 22.8 Å². The number of aliphatic hydroxyl groups excluding tert-OH is 1. The zero-order valence-corrected chi connectivity index (χ0v) is 11.6. The maximum Gasteiger partial charge on any atom is 0.309 e. The van der Waals surface area contributed by atoms with Crippen LogP contribution in [0, 0.1) is 29.6 Å². The second-order valence-corrected chi connectivity index (χ2v) is 6.83. The first-order valence-electron chi connectivity index (χ1n) is 7.39. The summed E-state index contributed by atoms with van der Waals surface area (Å²) in [6.07, 6.45) is 3.86. The molecule has 0 bridgehead atoms. The van der Waals surface area contributed by atoms with Gasteiger partial charge in [0.25, 0.3) is 0 Å². The predicted octanol–water partition coefficient (Wildman–Crippen LogP) is 2.37. The van der Waals surface area contributed by atoms with Crippen molar-refractivity contribution in [3.63, 3.8) is 0 Å². The Hall–Kier alpha value is -0.570. The van der Waals surface area contributed by atoms with Crippen molar-refractivity contribution in [2.45, 2.75) is 58.2 Å². The number of hydrogen-bond acceptors (Lipinski definition) is 3. The molecule has 0 aromatic rings. The summed E-state index contributed by atoms with van der Waals surface area (Å²) in [6.45, 7) is 6.31. The summed E-state index contributed by atoms with van der Waals surface area (Å²) in [7, 11) is 0. The third-order valence-corrected chi connectivity index (χ3v) is 5.97. The highest BCUT2D eigenvalue weighted by atomic mass is 16.6. The Morgan fingerprint density at radius 2 is 1.67 bits per heavy atom. The molecule has 7 atom stereocenters. The van der Waals surface area contributed by atoms with E-state index in [-0.39, 0.29) is 23.7 Å². The molecule has 0 amide bonds. The highest BCUT2D eigenvalue weighted by molar-refractivity contribution is 5.76. The molecule has 0 radical (unpaired) electrons. The van der Waals surface area contributed by atoms with Crippen LogP contribution in [0.5, 0.6) is 0 Å². The van der Waals surface area contributed by atoms with Gasteiger partial charge in [-0.3, -0.25) is 4.79 Å². The van der Waals surface area contributed by atoms with E-state index in [9.17, 15) is 9.90 Å². The number of rotatable bonds is 0. The van der Waals surface area contributed by atoms with Crippen LogP contribution in [0.2, 0.25) is 0 Å². The highest BCUT2D eigenvalue weighted by Gasteiger charge is 2.66. The summed E-state index contributed by atoms with van der Waals surface area (Å²) in [5, 5.41) is 10.7. The van der Waals surface area contributed by atoms with Gasteiger partial charge in [0.05, 0.1) is 12.0 Å². The Morgan fingerprint density at radius 1 is 1.06 bits per heavy atom. The van der Waals surface area contributed by atoms with Gasteiger partial charge >= 0.3 is 5.97 Å². The Balaban J connectivity index is 2.05. The zero-order valence-electron chi connectivity index (χ0n) is 11.6. The third-order valence-electron chi connectivity index (χ3n) is 5.97. The maximum atomic E-state index is 12.0. The molecule has 3 heteroatoms. The van der Waals surface area contributed by atoms with E-state index in [0.717, 1.165) is 19.3 Å². The van der Waals surface area contributed by atoms with E-state index in [1.54, 1.807) is 0 Å². The largest absolute Gasteiger partial charge is 0.455 e. The average molecular weight is 252 g/mol. The number of carbonyl (C=O) groups excluding carboxylic acids is 1. The molecule has 2 aliphatic carbocycles. The first-order valence-corrected chi connectivity index (χ1v) is 7.39. The fourth-order valence-corrected chi connectivity index (χ4v) is 4.87. The molecule has 1 saturated heterocycles. The van der Waals surface area contributed by atoms with E-state index in [0.29, 0.717) is 11.8 Å². The lowest BCUT2D eigenvalue weighted by Gasteiger charge is -2.54. The quantitative estimate of drug-likeness (QED) is 0.673. The summed E-state index contributed by atoms with van der Waals surface area (Å²) in [6, 6.07) is 0. The van der Waals surface area contributed by atoms with Crippen molar-refractivity contribution in [2.24, 2.45) is 29.6 Å². The molecular weight excluding hydrogens is 228 g/mol. The van der Waals surface area contributed by atoms with E-state index < -0.39 is 11.7 Å². The second kappa shape index (κ2) is 3.96. The Kier molecular flexibility index (Phi) is 2.74. The van der Waals surface area contributed by atoms with Gasteiger partial charge in [0.1, 0.15) is 5.60 Å². The average Bonchev–Trinajstić information content (AvgIpc) is 2.59. The van der Waals surface area contributed by atoms with Crippen molar-refractivity contribution in [3.05, 3.63) is 0 Å². The fourth-order valence-electron chi connectivity index (χ4n) is 4.87. The van der Waals surface area contributed by atoms with Gasteiger partial charge < -0.3 is 9.84 Å². The molecule has 3 rings (SSSR count). The van der Waals surface area contributed by atoms with Crippen LogP contribution >= 0.6 is 0 Å². The van der Waals surface area contributed by atoms with Crippen molar-refractivity contribution in [1.29, 1.82) is 0 Å². The lowest BCUT2D eigenvalue weighted by molar-refractivity contribution is -0.210. The number of ether oxygens (including phenoxy) is 1. The smallest absolute Gasteiger partial charge is 0.309 e. The third kappa shape index (κ3) is 1.37. The van der Waals surface area contributed by atoms with Gasteiger partial charge in [0, 0.05) is 11.8 Å². The van der Waals surface area contributed by atoms with Crippen LogP contribution in [0.4, 0.5) is 0 Å². The van der Waals surface area contributed by atoms with Crippen LogP contribution < -0.4 is 0 Å². The summed E-state index contributed by atoms with van der Waals surface area (Å²) < 4.78 is 5.83. The summed E-state index contributed by atoms with van der Waals surface area (Å²) in [5.74, 6) is 1.25. The minimum absolute atomic E-state index is 0.0417. The van der Waals surface area contributed by atoms with Gasteiger partial charge in [-0.25, -0.2) is 0 Å². The molecule has 1 N–H and O–H groups in total. The molecule has 1 unspecified atom stereocenters. The Labute approximate surface area is 109 Å². The minimum Gasteiger partial charge on any atom is -0.455 e. The summed E-state index contributed by atoms with van der Waals surface area (Å²) in [5.41, 5.74) is -0.564. The summed E-state index contributed by atoms with van der Waals surface area (Å²) >= 11 is 0. The van der Waals surface area contributed by atoms with Crippen LogP contribution in [-0.2, 0) is 9.53 Å². The van der Waals surface area contributed by atoms with Crippen LogP contribution in [0.3, 0.4) is 0 Å². The van der Waals surface area contributed by atoms with Crippen molar-refractivity contribution in [3.8, 4) is 0 Å². The van der Waals surface area contributed by atoms with E-state index in [1.165, 1.54) is 6.42 Å². The van der Waals surface area contributed by atoms with Gasteiger partial charge in [-0.2, -0.15) is 0 Å². The molecule has 3 fully saturated rings. The normalized spacial score (nSPS) is 55.7. The van der Waals surface area contributed by atoms with Gasteiger partial charge in [-0.05, 0) is 37.5 Å². The maximum absolute atomic E-state index is 12.0. The lowest BCUT2D eigenvalue weighted by atomic mass is 9.54. The monoisotopic (exact) mass is 252 g/mol. The van der Waals surface area contributed by atoms with Gasteiger partial charge in [0.2, 0.25) is 0 Å². The number of carbonyl (C=O) groups is 1. The number of hydrogen-bond donors (Lipinski definition) is 1. The van der Waals surface area contributed by atoms with E-state index >= 15 is 0 Å². The molecule has 3 nitrogen and oxygen atoms in total. The SMILES string of the molecule is CC1CC[C@H]2[C@H](C)C(=O)O[C@@]23[C@H](O)[C@H](C)CC[C@@H]13.